The lowest BCUT2D eigenvalue weighted by Crippen LogP contribution is -2.29. The summed E-state index contributed by atoms with van der Waals surface area (Å²) >= 11 is 0. The summed E-state index contributed by atoms with van der Waals surface area (Å²) < 4.78 is 5.55. The largest absolute Gasteiger partial charge is 0.491 e. The number of carbonyl (C=O) groups excluding carboxylic acids is 2. The number of amides is 2. The van der Waals surface area contributed by atoms with E-state index in [4.69, 9.17) is 4.74 Å². The van der Waals surface area contributed by atoms with Crippen molar-refractivity contribution in [2.24, 2.45) is 0 Å². The minimum absolute atomic E-state index is 0.0735. The van der Waals surface area contributed by atoms with E-state index in [1.807, 2.05) is 26.0 Å². The molecule has 0 radical (unpaired) electrons. The van der Waals surface area contributed by atoms with Gasteiger partial charge in [-0.3, -0.25) is 9.59 Å². The van der Waals surface area contributed by atoms with Gasteiger partial charge in [0.05, 0.1) is 6.10 Å². The summed E-state index contributed by atoms with van der Waals surface area (Å²) in [4.78, 5) is 26.4. The van der Waals surface area contributed by atoms with E-state index in [1.54, 1.807) is 36.4 Å². The Kier molecular flexibility index (Phi) is 7.23. The number of nitrogens with one attached hydrogen (secondary N) is 2. The zero-order valence-electron chi connectivity index (χ0n) is 16.3. The zero-order valence-corrected chi connectivity index (χ0v) is 16.3. The van der Waals surface area contributed by atoms with Crippen molar-refractivity contribution >= 4 is 28.9 Å². The standard InChI is InChI=1S/C21H27N3O3/c1-5-24(6-2)18-11-7-16(8-12-18)22-20(25)21(26)23-17-9-13-19(14-10-17)27-15(3)4/h7-15H,5-6H2,1-4H3,(H,22,25)(H,23,26). The van der Waals surface area contributed by atoms with Crippen molar-refractivity contribution in [3.05, 3.63) is 48.5 Å². The molecule has 2 aromatic rings. The van der Waals surface area contributed by atoms with Crippen LogP contribution in [0, 0.1) is 0 Å². The van der Waals surface area contributed by atoms with Crippen LogP contribution < -0.4 is 20.3 Å². The third-order valence-corrected chi connectivity index (χ3v) is 3.94. The first kappa shape index (κ1) is 20.3. The smallest absolute Gasteiger partial charge is 0.314 e. The van der Waals surface area contributed by atoms with E-state index < -0.39 is 11.8 Å². The number of anilines is 3. The molecule has 144 valence electrons. The van der Waals surface area contributed by atoms with Crippen LogP contribution in [0.5, 0.6) is 5.75 Å². The van der Waals surface area contributed by atoms with Crippen LogP contribution in [0.4, 0.5) is 17.1 Å². The van der Waals surface area contributed by atoms with Gasteiger partial charge in [0, 0.05) is 30.2 Å². The topological polar surface area (TPSA) is 70.7 Å². The monoisotopic (exact) mass is 369 g/mol. The molecule has 0 aliphatic heterocycles. The van der Waals surface area contributed by atoms with Crippen LogP contribution in [0.3, 0.4) is 0 Å². The molecule has 0 unspecified atom stereocenters. The summed E-state index contributed by atoms with van der Waals surface area (Å²) in [5.41, 5.74) is 2.18. The van der Waals surface area contributed by atoms with Gasteiger partial charge < -0.3 is 20.3 Å². The van der Waals surface area contributed by atoms with Crippen molar-refractivity contribution < 1.29 is 14.3 Å². The van der Waals surface area contributed by atoms with Crippen LogP contribution in [0.25, 0.3) is 0 Å². The number of ether oxygens (including phenoxy) is 1. The summed E-state index contributed by atoms with van der Waals surface area (Å²) in [6.45, 7) is 9.87. The third kappa shape index (κ3) is 6.02. The predicted molar refractivity (Wildman–Crippen MR) is 109 cm³/mol. The summed E-state index contributed by atoms with van der Waals surface area (Å²) in [7, 11) is 0. The SMILES string of the molecule is CCN(CC)c1ccc(NC(=O)C(=O)Nc2ccc(OC(C)C)cc2)cc1. The Balaban J connectivity index is 1.92. The van der Waals surface area contributed by atoms with E-state index in [1.165, 1.54) is 0 Å². The molecule has 0 saturated heterocycles. The first-order chi connectivity index (χ1) is 12.9. The maximum atomic E-state index is 12.1. The highest BCUT2D eigenvalue weighted by Crippen LogP contribution is 2.19. The number of hydrogen-bond acceptors (Lipinski definition) is 4. The van der Waals surface area contributed by atoms with Gasteiger partial charge in [-0.2, -0.15) is 0 Å². The van der Waals surface area contributed by atoms with Gasteiger partial charge in [-0.05, 0) is 76.2 Å². The first-order valence-corrected chi connectivity index (χ1v) is 9.17. The fourth-order valence-corrected chi connectivity index (χ4v) is 2.61. The van der Waals surface area contributed by atoms with Crippen molar-refractivity contribution in [3.8, 4) is 5.75 Å². The van der Waals surface area contributed by atoms with Gasteiger partial charge in [0.15, 0.2) is 0 Å². The molecule has 0 aromatic heterocycles. The van der Waals surface area contributed by atoms with Crippen molar-refractivity contribution in [2.45, 2.75) is 33.8 Å². The van der Waals surface area contributed by atoms with E-state index in [9.17, 15) is 9.59 Å². The fraction of sp³-hybridized carbons (Fsp3) is 0.333. The molecule has 2 rings (SSSR count). The van der Waals surface area contributed by atoms with Crippen molar-refractivity contribution in [3.63, 3.8) is 0 Å². The Morgan fingerprint density at radius 1 is 0.852 bits per heavy atom. The molecular weight excluding hydrogens is 342 g/mol. The highest BCUT2D eigenvalue weighted by Gasteiger charge is 2.14. The number of nitrogens with zero attached hydrogens (tertiary/aromatic N) is 1. The van der Waals surface area contributed by atoms with Gasteiger partial charge in [0.1, 0.15) is 5.75 Å². The maximum Gasteiger partial charge on any atom is 0.314 e. The molecule has 0 bridgehead atoms. The Morgan fingerprint density at radius 2 is 1.30 bits per heavy atom. The van der Waals surface area contributed by atoms with E-state index >= 15 is 0 Å². The van der Waals surface area contributed by atoms with E-state index in [2.05, 4.69) is 29.4 Å². The molecule has 0 saturated carbocycles. The molecule has 0 aliphatic carbocycles. The second kappa shape index (κ2) is 9.62. The van der Waals surface area contributed by atoms with Gasteiger partial charge in [0.2, 0.25) is 0 Å². The molecule has 0 atom stereocenters. The molecule has 6 nitrogen and oxygen atoms in total. The number of rotatable bonds is 7. The summed E-state index contributed by atoms with van der Waals surface area (Å²) in [6, 6.07) is 14.3. The maximum absolute atomic E-state index is 12.1. The lowest BCUT2D eigenvalue weighted by molar-refractivity contribution is -0.132. The van der Waals surface area contributed by atoms with Crippen LogP contribution in [-0.2, 0) is 9.59 Å². The summed E-state index contributed by atoms with van der Waals surface area (Å²) in [5.74, 6) is -0.728. The van der Waals surface area contributed by atoms with E-state index in [-0.39, 0.29) is 6.10 Å². The van der Waals surface area contributed by atoms with Crippen molar-refractivity contribution in [1.82, 2.24) is 0 Å². The summed E-state index contributed by atoms with van der Waals surface area (Å²) in [6.07, 6.45) is 0.0735. The van der Waals surface area contributed by atoms with Gasteiger partial charge in [-0.15, -0.1) is 0 Å². The first-order valence-electron chi connectivity index (χ1n) is 9.17. The average molecular weight is 369 g/mol. The second-order valence-corrected chi connectivity index (χ2v) is 6.32. The lowest BCUT2D eigenvalue weighted by atomic mass is 10.2. The van der Waals surface area contributed by atoms with Gasteiger partial charge in [-0.1, -0.05) is 0 Å². The molecule has 2 N–H and O–H groups in total. The minimum atomic E-state index is -0.722. The molecule has 0 spiro atoms. The van der Waals surface area contributed by atoms with E-state index in [0.717, 1.165) is 18.8 Å². The van der Waals surface area contributed by atoms with Crippen LogP contribution in [0.2, 0.25) is 0 Å². The quantitative estimate of drug-likeness (QED) is 0.726. The molecule has 0 fully saturated rings. The molecule has 2 aromatic carbocycles. The van der Waals surface area contributed by atoms with Crippen molar-refractivity contribution in [2.75, 3.05) is 28.6 Å². The molecule has 0 aliphatic rings. The van der Waals surface area contributed by atoms with Crippen LogP contribution >= 0.6 is 0 Å². The predicted octanol–water partition coefficient (Wildman–Crippen LogP) is 3.90. The summed E-state index contributed by atoms with van der Waals surface area (Å²) in [5, 5.41) is 5.18. The Bertz CT molecular complexity index is 751. The molecule has 6 heteroatoms. The van der Waals surface area contributed by atoms with Gasteiger partial charge in [0.25, 0.3) is 0 Å². The molecule has 2 amide bonds. The highest BCUT2D eigenvalue weighted by atomic mass is 16.5. The second-order valence-electron chi connectivity index (χ2n) is 6.32. The zero-order chi connectivity index (χ0) is 19.8. The Labute approximate surface area is 160 Å². The normalized spacial score (nSPS) is 10.4. The lowest BCUT2D eigenvalue weighted by Gasteiger charge is -2.21. The average Bonchev–Trinajstić information content (AvgIpc) is 2.65. The number of hydrogen-bond donors (Lipinski definition) is 2. The van der Waals surface area contributed by atoms with Crippen LogP contribution in [-0.4, -0.2) is 31.0 Å². The Morgan fingerprint density at radius 3 is 1.70 bits per heavy atom. The van der Waals surface area contributed by atoms with Crippen LogP contribution in [0.1, 0.15) is 27.7 Å². The minimum Gasteiger partial charge on any atom is -0.491 e. The molecule has 0 heterocycles. The fourth-order valence-electron chi connectivity index (χ4n) is 2.61. The highest BCUT2D eigenvalue weighted by molar-refractivity contribution is 6.43. The van der Waals surface area contributed by atoms with Gasteiger partial charge >= 0.3 is 11.8 Å². The molecule has 27 heavy (non-hydrogen) atoms. The number of benzene rings is 2. The molecular formula is C21H27N3O3. The van der Waals surface area contributed by atoms with Gasteiger partial charge in [-0.25, -0.2) is 0 Å². The Hall–Kier alpha value is -3.02. The number of carbonyl (C=O) groups is 2. The van der Waals surface area contributed by atoms with E-state index in [0.29, 0.717) is 17.1 Å². The third-order valence-electron chi connectivity index (χ3n) is 3.94. The van der Waals surface area contributed by atoms with Crippen molar-refractivity contribution in [1.29, 1.82) is 0 Å². The van der Waals surface area contributed by atoms with Crippen LogP contribution in [0.15, 0.2) is 48.5 Å².